The minimum absolute atomic E-state index is 0.212. The van der Waals surface area contributed by atoms with Crippen molar-refractivity contribution in [3.05, 3.63) is 228 Å². The van der Waals surface area contributed by atoms with E-state index in [1.165, 1.54) is 5.39 Å². The fraction of sp³-hybridized carbons (Fsp3) is 0.0204. The van der Waals surface area contributed by atoms with Crippen molar-refractivity contribution >= 4 is 43.6 Å². The molecule has 2 nitrogen and oxygen atoms in total. The summed E-state index contributed by atoms with van der Waals surface area (Å²) in [5.74, 6) is 0. The van der Waals surface area contributed by atoms with E-state index in [2.05, 4.69) is 112 Å². The highest BCUT2D eigenvalue weighted by Gasteiger charge is 2.38. The maximum absolute atomic E-state index is 9.35. The molecule has 0 aliphatic rings. The minimum Gasteiger partial charge on any atom is -0.309 e. The van der Waals surface area contributed by atoms with Crippen molar-refractivity contribution < 1.29 is 6.85 Å². The second-order valence-electron chi connectivity index (χ2n) is 13.0. The number of nitrogens with zero attached hydrogens (tertiary/aromatic N) is 2. The number of fused-ring (bicyclic) bond motifs is 6. The van der Waals surface area contributed by atoms with Crippen LogP contribution in [-0.2, 0) is 5.41 Å². The zero-order valence-electron chi connectivity index (χ0n) is 32.6. The highest BCUT2D eigenvalue weighted by molar-refractivity contribution is 6.12. The van der Waals surface area contributed by atoms with Crippen molar-refractivity contribution in [1.82, 2.24) is 9.13 Å². The van der Waals surface area contributed by atoms with Crippen LogP contribution in [0.5, 0.6) is 0 Å². The Morgan fingerprint density at radius 1 is 0.333 bits per heavy atom. The van der Waals surface area contributed by atoms with E-state index in [-0.39, 0.29) is 29.7 Å². The van der Waals surface area contributed by atoms with Gasteiger partial charge in [-0.05, 0) is 76.9 Å². The third-order valence-corrected chi connectivity index (χ3v) is 10.3. The Hall–Kier alpha value is -6.64. The number of hydrogen-bond donors (Lipinski definition) is 0. The Morgan fingerprint density at radius 2 is 0.804 bits per heavy atom. The maximum atomic E-state index is 9.35. The molecule has 0 saturated heterocycles. The lowest BCUT2D eigenvalue weighted by Gasteiger charge is -2.37. The minimum atomic E-state index is -1.26. The van der Waals surface area contributed by atoms with E-state index in [1.807, 2.05) is 72.8 Å². The first kappa shape index (κ1) is 24.5. The van der Waals surface area contributed by atoms with Gasteiger partial charge in [0.2, 0.25) is 0 Å². The molecular weight excluding hydrogens is 617 g/mol. The third kappa shape index (κ3) is 4.43. The van der Waals surface area contributed by atoms with E-state index >= 15 is 0 Å². The normalized spacial score (nSPS) is 13.3. The van der Waals surface area contributed by atoms with Crippen molar-refractivity contribution in [2.75, 3.05) is 0 Å². The van der Waals surface area contributed by atoms with Gasteiger partial charge in [0.1, 0.15) is 0 Å². The molecule has 0 spiro atoms. The van der Waals surface area contributed by atoms with Crippen LogP contribution in [0.15, 0.2) is 206 Å². The van der Waals surface area contributed by atoms with Crippen LogP contribution in [0.25, 0.3) is 55.0 Å². The zero-order chi connectivity index (χ0) is 38.1. The average molecular weight is 656 g/mol. The van der Waals surface area contributed by atoms with Crippen molar-refractivity contribution in [2.24, 2.45) is 0 Å². The quantitative estimate of drug-likeness (QED) is 0.158. The number of rotatable bonds is 6. The van der Waals surface area contributed by atoms with Gasteiger partial charge in [0.25, 0.3) is 0 Å². The summed E-state index contributed by atoms with van der Waals surface area (Å²) < 4.78 is 49.4. The van der Waals surface area contributed by atoms with Gasteiger partial charge < -0.3 is 9.13 Å². The average Bonchev–Trinajstić information content (AvgIpc) is 3.77. The highest BCUT2D eigenvalue weighted by Crippen LogP contribution is 2.47. The van der Waals surface area contributed by atoms with E-state index in [0.717, 1.165) is 66.3 Å². The molecule has 10 rings (SSSR count). The summed E-state index contributed by atoms with van der Waals surface area (Å²) >= 11 is 0. The molecule has 0 bridgehead atoms. The predicted molar refractivity (Wildman–Crippen MR) is 213 cm³/mol. The largest absolute Gasteiger partial charge is 0.309 e. The third-order valence-electron chi connectivity index (χ3n) is 10.3. The predicted octanol–water partition coefficient (Wildman–Crippen LogP) is 12.3. The number of benzene rings is 8. The van der Waals surface area contributed by atoms with Crippen molar-refractivity contribution in [2.45, 2.75) is 5.41 Å². The van der Waals surface area contributed by atoms with Crippen LogP contribution in [0.2, 0.25) is 0 Å². The monoisotopic (exact) mass is 655 g/mol. The molecule has 0 unspecified atom stereocenters. The second-order valence-corrected chi connectivity index (χ2v) is 13.0. The molecule has 0 radical (unpaired) electrons. The molecule has 2 heterocycles. The molecule has 0 fully saturated rings. The van der Waals surface area contributed by atoms with Gasteiger partial charge in [0.15, 0.2) is 0 Å². The summed E-state index contributed by atoms with van der Waals surface area (Å²) in [6.45, 7) is 0. The van der Waals surface area contributed by atoms with Crippen molar-refractivity contribution in [3.8, 4) is 11.4 Å². The van der Waals surface area contributed by atoms with Crippen molar-refractivity contribution in [3.63, 3.8) is 0 Å². The van der Waals surface area contributed by atoms with Crippen LogP contribution in [0, 0.1) is 0 Å². The SMILES string of the molecule is [2H]c1c([2H])c([2H])c(C(c2ccccc2)(c2ccccc2)c2ccc3c(c2)c2ccccc2n3-c2ccc3c(c2)c2ccccc2n3-c2ccccc2)c([2H])c1[2H]. The summed E-state index contributed by atoms with van der Waals surface area (Å²) in [4.78, 5) is 0. The summed E-state index contributed by atoms with van der Waals surface area (Å²) in [6.07, 6.45) is 0. The number of para-hydroxylation sites is 3. The summed E-state index contributed by atoms with van der Waals surface area (Å²) in [7, 11) is 0. The number of hydrogen-bond acceptors (Lipinski definition) is 0. The van der Waals surface area contributed by atoms with Gasteiger partial charge in [-0.25, -0.2) is 0 Å². The van der Waals surface area contributed by atoms with E-state index in [9.17, 15) is 2.74 Å². The fourth-order valence-corrected chi connectivity index (χ4v) is 8.19. The summed E-state index contributed by atoms with van der Waals surface area (Å²) in [5.41, 5.74) is 7.78. The lowest BCUT2D eigenvalue weighted by Crippen LogP contribution is -2.30. The Morgan fingerprint density at radius 3 is 1.41 bits per heavy atom. The second kappa shape index (κ2) is 11.8. The molecule has 0 aliphatic heterocycles. The van der Waals surface area contributed by atoms with Gasteiger partial charge >= 0.3 is 0 Å². The van der Waals surface area contributed by atoms with Gasteiger partial charge in [0.05, 0.1) is 34.3 Å². The first-order valence-corrected chi connectivity index (χ1v) is 17.2. The molecule has 51 heavy (non-hydrogen) atoms. The van der Waals surface area contributed by atoms with Crippen LogP contribution < -0.4 is 0 Å². The van der Waals surface area contributed by atoms with E-state index in [0.29, 0.717) is 0 Å². The van der Waals surface area contributed by atoms with Crippen LogP contribution in [0.4, 0.5) is 0 Å². The van der Waals surface area contributed by atoms with Gasteiger partial charge in [-0.2, -0.15) is 0 Å². The lowest BCUT2D eigenvalue weighted by atomic mass is 9.65. The molecule has 0 amide bonds. The Balaban J connectivity index is 1.28. The lowest BCUT2D eigenvalue weighted by molar-refractivity contribution is 0.746. The number of aromatic nitrogens is 2. The van der Waals surface area contributed by atoms with E-state index < -0.39 is 11.5 Å². The first-order valence-electron chi connectivity index (χ1n) is 19.7. The van der Waals surface area contributed by atoms with E-state index in [4.69, 9.17) is 4.11 Å². The van der Waals surface area contributed by atoms with Crippen LogP contribution >= 0.6 is 0 Å². The van der Waals surface area contributed by atoms with Gasteiger partial charge in [-0.3, -0.25) is 0 Å². The molecule has 2 aromatic heterocycles. The highest BCUT2D eigenvalue weighted by atomic mass is 15.0. The summed E-state index contributed by atoms with van der Waals surface area (Å²) in [5, 5.41) is 4.36. The molecule has 2 heteroatoms. The smallest absolute Gasteiger partial charge is 0.0701 e. The molecule has 0 saturated carbocycles. The Labute approximate surface area is 304 Å². The maximum Gasteiger partial charge on any atom is 0.0701 e. The topological polar surface area (TPSA) is 9.86 Å². The summed E-state index contributed by atoms with van der Waals surface area (Å²) in [6, 6.07) is 58.4. The van der Waals surface area contributed by atoms with Crippen LogP contribution in [0.1, 0.15) is 29.1 Å². The molecule has 240 valence electrons. The van der Waals surface area contributed by atoms with Gasteiger partial charge in [-0.1, -0.05) is 152 Å². The first-order chi connectivity index (χ1) is 27.4. The molecule has 8 aromatic carbocycles. The molecule has 0 N–H and O–H groups in total. The Bertz CT molecular complexity index is 3060. The molecule has 0 atom stereocenters. The standard InChI is InChI=1S/C49H34N2/c1-5-17-35(18-6-1)49(36-19-7-2-8-20-36,37-21-9-3-10-22-37)38-29-31-47-43(33-38)41-25-13-16-28-46(41)51(47)40-30-32-48-44(34-40)42-26-14-15-27-45(42)50(48)39-23-11-4-12-24-39/h1-34H/i1D,5D,6D,17D,18D. The fourth-order valence-electron chi connectivity index (χ4n) is 8.19. The molecule has 0 aliphatic carbocycles. The zero-order valence-corrected chi connectivity index (χ0v) is 27.6. The molecule has 10 aromatic rings. The van der Waals surface area contributed by atoms with Crippen LogP contribution in [0.3, 0.4) is 0 Å². The van der Waals surface area contributed by atoms with Crippen LogP contribution in [-0.4, -0.2) is 9.13 Å². The van der Waals surface area contributed by atoms with Gasteiger partial charge in [0, 0.05) is 32.9 Å². The Kier molecular flexibility index (Phi) is 5.64. The van der Waals surface area contributed by atoms with E-state index in [1.54, 1.807) is 0 Å². The van der Waals surface area contributed by atoms with Crippen molar-refractivity contribution in [1.29, 1.82) is 0 Å². The molecular formula is C49H34N2. The van der Waals surface area contributed by atoms with Gasteiger partial charge in [-0.15, -0.1) is 0 Å².